The van der Waals surface area contributed by atoms with Crippen molar-refractivity contribution in [3.8, 4) is 11.5 Å². The molecule has 0 amide bonds. The molecule has 0 bridgehead atoms. The summed E-state index contributed by atoms with van der Waals surface area (Å²) in [7, 11) is 0. The molecule has 1 fully saturated rings. The van der Waals surface area contributed by atoms with Gasteiger partial charge in [0.1, 0.15) is 0 Å². The van der Waals surface area contributed by atoms with E-state index in [1.54, 1.807) is 6.20 Å². The fourth-order valence-electron chi connectivity index (χ4n) is 2.37. The van der Waals surface area contributed by atoms with Crippen molar-refractivity contribution in [3.63, 3.8) is 0 Å². The van der Waals surface area contributed by atoms with Gasteiger partial charge in [0.25, 0.3) is 11.8 Å². The molecule has 24 heavy (non-hydrogen) atoms. The molecule has 0 atom stereocenters. The summed E-state index contributed by atoms with van der Waals surface area (Å²) in [5, 5.41) is 10.1. The third-order valence-corrected chi connectivity index (χ3v) is 3.78. The number of halogens is 2. The van der Waals surface area contributed by atoms with E-state index in [0.717, 1.165) is 18.5 Å². The molecule has 0 spiro atoms. The number of alkyl halides is 2. The summed E-state index contributed by atoms with van der Waals surface area (Å²) in [6, 6.07) is 5.76. The molecular weight excluding hydrogens is 318 g/mol. The van der Waals surface area contributed by atoms with E-state index >= 15 is 0 Å². The highest BCUT2D eigenvalue weighted by molar-refractivity contribution is 5.51. The summed E-state index contributed by atoms with van der Waals surface area (Å²) in [5.41, 5.74) is 1.08. The zero-order valence-corrected chi connectivity index (χ0v) is 12.4. The van der Waals surface area contributed by atoms with E-state index in [-0.39, 0.29) is 11.4 Å². The van der Waals surface area contributed by atoms with E-state index in [2.05, 4.69) is 30.5 Å². The first-order chi connectivity index (χ1) is 11.7. The standard InChI is InChI=1S/C15H12F2N6O/c16-11(17)13-23-22-12(24-13)9-7-19-14(20-8-9)21-15(4-5-15)10-3-1-2-6-18-10/h1-3,6-8,11H,4-5H2,(H,19,20,21). The molecule has 1 N–H and O–H groups in total. The average molecular weight is 330 g/mol. The molecule has 0 aromatic carbocycles. The molecule has 3 heterocycles. The van der Waals surface area contributed by atoms with Crippen LogP contribution in [0, 0.1) is 0 Å². The van der Waals surface area contributed by atoms with Crippen LogP contribution in [0.5, 0.6) is 0 Å². The SMILES string of the molecule is FC(F)c1nnc(-c2cnc(NC3(c4ccccn4)CC3)nc2)o1. The van der Waals surface area contributed by atoms with E-state index in [1.165, 1.54) is 12.4 Å². The van der Waals surface area contributed by atoms with Crippen LogP contribution in [-0.2, 0) is 5.54 Å². The topological polar surface area (TPSA) is 89.6 Å². The highest BCUT2D eigenvalue weighted by Crippen LogP contribution is 2.46. The average Bonchev–Trinajstić information content (AvgIpc) is 3.21. The van der Waals surface area contributed by atoms with Gasteiger partial charge in [0.15, 0.2) is 0 Å². The molecule has 7 nitrogen and oxygen atoms in total. The third kappa shape index (κ3) is 2.68. The van der Waals surface area contributed by atoms with Gasteiger partial charge in [0.2, 0.25) is 5.95 Å². The monoisotopic (exact) mass is 330 g/mol. The number of pyridine rings is 1. The second kappa shape index (κ2) is 5.59. The summed E-state index contributed by atoms with van der Waals surface area (Å²) in [6.07, 6.45) is 3.73. The van der Waals surface area contributed by atoms with Crippen LogP contribution in [0.25, 0.3) is 11.5 Å². The van der Waals surface area contributed by atoms with Gasteiger partial charge in [-0.15, -0.1) is 10.2 Å². The van der Waals surface area contributed by atoms with Crippen LogP contribution >= 0.6 is 0 Å². The van der Waals surface area contributed by atoms with E-state index < -0.39 is 12.3 Å². The summed E-state index contributed by atoms with van der Waals surface area (Å²) in [5.74, 6) is -0.336. The largest absolute Gasteiger partial charge is 0.415 e. The lowest BCUT2D eigenvalue weighted by Crippen LogP contribution is -2.21. The van der Waals surface area contributed by atoms with Gasteiger partial charge in [0.05, 0.1) is 16.8 Å². The van der Waals surface area contributed by atoms with Crippen molar-refractivity contribution in [2.24, 2.45) is 0 Å². The maximum atomic E-state index is 12.5. The number of hydrogen-bond donors (Lipinski definition) is 1. The minimum atomic E-state index is -2.80. The zero-order valence-electron chi connectivity index (χ0n) is 12.4. The maximum Gasteiger partial charge on any atom is 0.314 e. The van der Waals surface area contributed by atoms with Crippen molar-refractivity contribution in [2.75, 3.05) is 5.32 Å². The maximum absolute atomic E-state index is 12.5. The Bertz CT molecular complexity index is 833. The molecule has 1 saturated carbocycles. The summed E-state index contributed by atoms with van der Waals surface area (Å²) in [4.78, 5) is 12.8. The predicted molar refractivity (Wildman–Crippen MR) is 79.1 cm³/mol. The normalized spacial score (nSPS) is 15.5. The van der Waals surface area contributed by atoms with Gasteiger partial charge in [0, 0.05) is 18.6 Å². The number of hydrogen-bond acceptors (Lipinski definition) is 7. The molecule has 3 aromatic rings. The number of nitrogens with one attached hydrogen (secondary N) is 1. The molecular formula is C15H12F2N6O. The van der Waals surface area contributed by atoms with Crippen molar-refractivity contribution in [3.05, 3.63) is 48.4 Å². The summed E-state index contributed by atoms with van der Waals surface area (Å²) < 4.78 is 29.8. The van der Waals surface area contributed by atoms with Crippen LogP contribution in [0.1, 0.15) is 30.9 Å². The first-order valence-electron chi connectivity index (χ1n) is 7.30. The van der Waals surface area contributed by atoms with Gasteiger partial charge >= 0.3 is 6.43 Å². The minimum Gasteiger partial charge on any atom is -0.415 e. The fourth-order valence-corrected chi connectivity index (χ4v) is 2.37. The fraction of sp³-hybridized carbons (Fsp3) is 0.267. The molecule has 9 heteroatoms. The number of aromatic nitrogens is 5. The second-order valence-corrected chi connectivity index (χ2v) is 5.46. The van der Waals surface area contributed by atoms with E-state index in [0.29, 0.717) is 11.5 Å². The quantitative estimate of drug-likeness (QED) is 0.769. The van der Waals surface area contributed by atoms with Crippen LogP contribution in [-0.4, -0.2) is 25.1 Å². The smallest absolute Gasteiger partial charge is 0.314 e. The Balaban J connectivity index is 1.52. The molecule has 122 valence electrons. The van der Waals surface area contributed by atoms with Crippen molar-refractivity contribution in [1.82, 2.24) is 25.1 Å². The Morgan fingerprint density at radius 2 is 1.88 bits per heavy atom. The van der Waals surface area contributed by atoms with Gasteiger partial charge < -0.3 is 9.73 Å². The van der Waals surface area contributed by atoms with Gasteiger partial charge in [-0.05, 0) is 25.0 Å². The van der Waals surface area contributed by atoms with Crippen molar-refractivity contribution in [1.29, 1.82) is 0 Å². The van der Waals surface area contributed by atoms with Crippen LogP contribution in [0.2, 0.25) is 0 Å². The highest BCUT2D eigenvalue weighted by atomic mass is 19.3. The molecule has 0 aliphatic heterocycles. The summed E-state index contributed by atoms with van der Waals surface area (Å²) >= 11 is 0. The molecule has 3 aromatic heterocycles. The van der Waals surface area contributed by atoms with Crippen LogP contribution in [0.15, 0.2) is 41.2 Å². The van der Waals surface area contributed by atoms with Crippen LogP contribution < -0.4 is 5.32 Å². The Hall–Kier alpha value is -2.97. The van der Waals surface area contributed by atoms with E-state index in [4.69, 9.17) is 4.42 Å². The Kier molecular flexibility index (Phi) is 3.40. The van der Waals surface area contributed by atoms with Crippen molar-refractivity contribution in [2.45, 2.75) is 24.8 Å². The Morgan fingerprint density at radius 1 is 1.08 bits per heavy atom. The Labute approximate surface area is 135 Å². The molecule has 4 rings (SSSR count). The number of anilines is 1. The van der Waals surface area contributed by atoms with Crippen molar-refractivity contribution < 1.29 is 13.2 Å². The molecule has 1 aliphatic rings. The van der Waals surface area contributed by atoms with Crippen LogP contribution in [0.4, 0.5) is 14.7 Å². The molecule has 1 aliphatic carbocycles. The first-order valence-corrected chi connectivity index (χ1v) is 7.30. The van der Waals surface area contributed by atoms with E-state index in [9.17, 15) is 8.78 Å². The Morgan fingerprint density at radius 3 is 2.46 bits per heavy atom. The van der Waals surface area contributed by atoms with Gasteiger partial charge in [-0.2, -0.15) is 8.78 Å². The summed E-state index contributed by atoms with van der Waals surface area (Å²) in [6.45, 7) is 0. The number of nitrogens with zero attached hydrogens (tertiary/aromatic N) is 5. The predicted octanol–water partition coefficient (Wildman–Crippen LogP) is 2.96. The minimum absolute atomic E-state index is 0.0392. The molecule has 0 unspecified atom stereocenters. The lowest BCUT2D eigenvalue weighted by atomic mass is 10.1. The van der Waals surface area contributed by atoms with E-state index in [1.807, 2.05) is 18.2 Å². The molecule has 0 saturated heterocycles. The second-order valence-electron chi connectivity index (χ2n) is 5.46. The van der Waals surface area contributed by atoms with Crippen LogP contribution in [0.3, 0.4) is 0 Å². The molecule has 0 radical (unpaired) electrons. The third-order valence-electron chi connectivity index (χ3n) is 3.78. The lowest BCUT2D eigenvalue weighted by Gasteiger charge is -2.16. The number of rotatable bonds is 5. The van der Waals surface area contributed by atoms with Crippen molar-refractivity contribution >= 4 is 5.95 Å². The highest BCUT2D eigenvalue weighted by Gasteiger charge is 2.46. The van der Waals surface area contributed by atoms with Gasteiger partial charge in [-0.25, -0.2) is 9.97 Å². The van der Waals surface area contributed by atoms with Gasteiger partial charge in [-0.3, -0.25) is 4.98 Å². The zero-order chi connectivity index (χ0) is 16.6. The lowest BCUT2D eigenvalue weighted by molar-refractivity contribution is 0.116. The van der Waals surface area contributed by atoms with Gasteiger partial charge in [-0.1, -0.05) is 6.07 Å². The first kappa shape index (κ1) is 14.6.